The zero-order valence-corrected chi connectivity index (χ0v) is 15.2. The first-order valence-electron chi connectivity index (χ1n) is 8.87. The first kappa shape index (κ1) is 18.3. The number of hydrogen-bond acceptors (Lipinski definition) is 4. The Hall–Kier alpha value is -2.47. The highest BCUT2D eigenvalue weighted by Crippen LogP contribution is 2.18. The second-order valence-electron chi connectivity index (χ2n) is 6.56. The molecule has 0 aliphatic carbocycles. The quantitative estimate of drug-likeness (QED) is 0.825. The van der Waals surface area contributed by atoms with E-state index in [2.05, 4.69) is 22.9 Å². The summed E-state index contributed by atoms with van der Waals surface area (Å²) in [6.07, 6.45) is 1.10. The fraction of sp³-hybridized carbons (Fsp3) is 0.400. The summed E-state index contributed by atoms with van der Waals surface area (Å²) in [5, 5.41) is 0. The molecule has 1 aromatic heterocycles. The van der Waals surface area contributed by atoms with Gasteiger partial charge in [-0.1, -0.05) is 18.2 Å². The van der Waals surface area contributed by atoms with Crippen LogP contribution in [0.3, 0.4) is 0 Å². The molecule has 1 atom stereocenters. The largest absolute Gasteiger partial charge is 0.478 e. The monoisotopic (exact) mass is 357 g/mol. The lowest BCUT2D eigenvalue weighted by Gasteiger charge is -2.35. The van der Waals surface area contributed by atoms with Crippen molar-refractivity contribution in [1.82, 2.24) is 14.8 Å². The average molecular weight is 357 g/mol. The second kappa shape index (κ2) is 8.27. The molecule has 0 spiro atoms. The molecule has 0 unspecified atom stereocenters. The zero-order valence-electron chi connectivity index (χ0n) is 15.2. The molecule has 0 N–H and O–H groups in total. The number of piperazine rings is 1. The molecule has 1 aromatic carbocycles. The lowest BCUT2D eigenvalue weighted by molar-refractivity contribution is -0.139. The highest BCUT2D eigenvalue weighted by Gasteiger charge is 2.26. The van der Waals surface area contributed by atoms with Gasteiger partial charge in [-0.2, -0.15) is 0 Å². The highest BCUT2D eigenvalue weighted by molar-refractivity contribution is 5.81. The number of para-hydroxylation sites is 1. The summed E-state index contributed by atoms with van der Waals surface area (Å²) in [4.78, 5) is 21.1. The van der Waals surface area contributed by atoms with Crippen molar-refractivity contribution >= 4 is 5.91 Å². The Morgan fingerprint density at radius 2 is 1.92 bits per heavy atom. The van der Waals surface area contributed by atoms with E-state index in [1.165, 1.54) is 17.7 Å². The lowest BCUT2D eigenvalue weighted by atomic mass is 10.2. The van der Waals surface area contributed by atoms with E-state index < -0.39 is 11.9 Å². The molecule has 0 bridgehead atoms. The van der Waals surface area contributed by atoms with E-state index in [1.807, 2.05) is 12.3 Å². The molecule has 1 aliphatic rings. The van der Waals surface area contributed by atoms with Gasteiger partial charge in [-0.3, -0.25) is 14.7 Å². The molecule has 6 heteroatoms. The van der Waals surface area contributed by atoms with Crippen LogP contribution in [0.2, 0.25) is 0 Å². The third-order valence-corrected chi connectivity index (χ3v) is 4.66. The van der Waals surface area contributed by atoms with Crippen molar-refractivity contribution < 1.29 is 13.9 Å². The van der Waals surface area contributed by atoms with Gasteiger partial charge in [-0.15, -0.1) is 0 Å². The van der Waals surface area contributed by atoms with Crippen LogP contribution in [0.15, 0.2) is 42.6 Å². The molecule has 0 saturated carbocycles. The SMILES string of the molecule is Cc1cccnc1CN1CCN(C(=O)[C@@H](C)Oc2ccccc2F)CC1. The number of halogens is 1. The molecule has 1 aliphatic heterocycles. The number of rotatable bonds is 5. The second-order valence-corrected chi connectivity index (χ2v) is 6.56. The molecule has 1 saturated heterocycles. The topological polar surface area (TPSA) is 45.7 Å². The predicted molar refractivity (Wildman–Crippen MR) is 97.3 cm³/mol. The molecule has 3 rings (SSSR count). The Bertz CT molecular complexity index is 760. The molecule has 5 nitrogen and oxygen atoms in total. The van der Waals surface area contributed by atoms with Gasteiger partial charge in [0.2, 0.25) is 0 Å². The fourth-order valence-corrected chi connectivity index (χ4v) is 3.06. The summed E-state index contributed by atoms with van der Waals surface area (Å²) in [6, 6.07) is 10.1. The molecule has 2 aromatic rings. The number of aryl methyl sites for hydroxylation is 1. The maximum absolute atomic E-state index is 13.7. The highest BCUT2D eigenvalue weighted by atomic mass is 19.1. The fourth-order valence-electron chi connectivity index (χ4n) is 3.06. The minimum atomic E-state index is -0.712. The van der Waals surface area contributed by atoms with Crippen molar-refractivity contribution in [3.8, 4) is 5.75 Å². The Morgan fingerprint density at radius 3 is 2.62 bits per heavy atom. The average Bonchev–Trinajstić information content (AvgIpc) is 2.65. The Morgan fingerprint density at radius 1 is 1.19 bits per heavy atom. The van der Waals surface area contributed by atoms with Crippen molar-refractivity contribution in [2.75, 3.05) is 26.2 Å². The van der Waals surface area contributed by atoms with Gasteiger partial charge in [0.15, 0.2) is 17.7 Å². The lowest BCUT2D eigenvalue weighted by Crippen LogP contribution is -2.51. The van der Waals surface area contributed by atoms with E-state index in [0.29, 0.717) is 13.1 Å². The number of carbonyl (C=O) groups is 1. The van der Waals surface area contributed by atoms with Crippen molar-refractivity contribution in [1.29, 1.82) is 0 Å². The molecule has 1 amide bonds. The van der Waals surface area contributed by atoms with Crippen molar-refractivity contribution in [2.45, 2.75) is 26.5 Å². The van der Waals surface area contributed by atoms with Gasteiger partial charge in [0.05, 0.1) is 5.69 Å². The summed E-state index contributed by atoms with van der Waals surface area (Å²) in [6.45, 7) is 7.35. The molecule has 26 heavy (non-hydrogen) atoms. The van der Waals surface area contributed by atoms with E-state index >= 15 is 0 Å². The number of ether oxygens (including phenoxy) is 1. The van der Waals surface area contributed by atoms with Crippen molar-refractivity contribution in [3.63, 3.8) is 0 Å². The van der Waals surface area contributed by atoms with Crippen LogP contribution >= 0.6 is 0 Å². The maximum atomic E-state index is 13.7. The summed E-state index contributed by atoms with van der Waals surface area (Å²) in [5.41, 5.74) is 2.25. The Balaban J connectivity index is 1.52. The summed E-state index contributed by atoms with van der Waals surface area (Å²) in [5.74, 6) is -0.456. The molecular formula is C20H24FN3O2. The first-order chi connectivity index (χ1) is 12.5. The van der Waals surface area contributed by atoms with Crippen molar-refractivity contribution in [2.24, 2.45) is 0 Å². The smallest absolute Gasteiger partial charge is 0.263 e. The predicted octanol–water partition coefficient (Wildman–Crippen LogP) is 2.64. The van der Waals surface area contributed by atoms with Crippen LogP contribution in [0.5, 0.6) is 5.75 Å². The van der Waals surface area contributed by atoms with Crippen LogP contribution in [-0.2, 0) is 11.3 Å². The third-order valence-electron chi connectivity index (χ3n) is 4.66. The van der Waals surface area contributed by atoms with Gasteiger partial charge in [-0.05, 0) is 37.6 Å². The molecule has 1 fully saturated rings. The van der Waals surface area contributed by atoms with Crippen LogP contribution < -0.4 is 4.74 Å². The van der Waals surface area contributed by atoms with Gasteiger partial charge in [0, 0.05) is 38.9 Å². The summed E-state index contributed by atoms with van der Waals surface area (Å²) in [7, 11) is 0. The van der Waals surface area contributed by atoms with E-state index in [4.69, 9.17) is 4.74 Å². The summed E-state index contributed by atoms with van der Waals surface area (Å²) < 4.78 is 19.2. The first-order valence-corrected chi connectivity index (χ1v) is 8.87. The van der Waals surface area contributed by atoms with Gasteiger partial charge < -0.3 is 9.64 Å². The van der Waals surface area contributed by atoms with Gasteiger partial charge in [0.25, 0.3) is 5.91 Å². The Kier molecular flexibility index (Phi) is 5.83. The normalized spacial score (nSPS) is 16.3. The minimum absolute atomic E-state index is 0.109. The molecule has 2 heterocycles. The number of benzene rings is 1. The van der Waals surface area contributed by atoms with Crippen LogP contribution in [0.25, 0.3) is 0 Å². The molecule has 138 valence electrons. The maximum Gasteiger partial charge on any atom is 0.263 e. The van der Waals surface area contributed by atoms with E-state index in [9.17, 15) is 9.18 Å². The van der Waals surface area contributed by atoms with Crippen LogP contribution in [-0.4, -0.2) is 53.0 Å². The van der Waals surface area contributed by atoms with Crippen LogP contribution in [0.4, 0.5) is 4.39 Å². The van der Waals surface area contributed by atoms with Crippen LogP contribution in [0, 0.1) is 12.7 Å². The van der Waals surface area contributed by atoms with E-state index in [0.717, 1.165) is 25.3 Å². The Labute approximate surface area is 153 Å². The standard InChI is InChI=1S/C20H24FN3O2/c1-15-6-5-9-22-18(15)14-23-10-12-24(13-11-23)20(25)16(2)26-19-8-4-3-7-17(19)21/h3-9,16H,10-14H2,1-2H3/t16-/m1/s1. The minimum Gasteiger partial charge on any atom is -0.478 e. The summed E-state index contributed by atoms with van der Waals surface area (Å²) >= 11 is 0. The molecular weight excluding hydrogens is 333 g/mol. The van der Waals surface area contributed by atoms with Gasteiger partial charge in [-0.25, -0.2) is 4.39 Å². The van der Waals surface area contributed by atoms with E-state index in [1.54, 1.807) is 24.0 Å². The third kappa shape index (κ3) is 4.38. The van der Waals surface area contributed by atoms with Crippen molar-refractivity contribution in [3.05, 3.63) is 59.7 Å². The van der Waals surface area contributed by atoms with Gasteiger partial charge in [0.1, 0.15) is 0 Å². The van der Waals surface area contributed by atoms with E-state index in [-0.39, 0.29) is 11.7 Å². The number of amides is 1. The number of hydrogen-bond donors (Lipinski definition) is 0. The van der Waals surface area contributed by atoms with Crippen LogP contribution in [0.1, 0.15) is 18.2 Å². The molecule has 0 radical (unpaired) electrons. The number of aromatic nitrogens is 1. The number of pyridine rings is 1. The number of carbonyl (C=O) groups excluding carboxylic acids is 1. The number of nitrogens with zero attached hydrogens (tertiary/aromatic N) is 3. The zero-order chi connectivity index (χ0) is 18.5. The van der Waals surface area contributed by atoms with Gasteiger partial charge >= 0.3 is 0 Å².